The van der Waals surface area contributed by atoms with E-state index in [1.165, 1.54) is 0 Å². The molecule has 4 rings (SSSR count). The van der Waals surface area contributed by atoms with Gasteiger partial charge in [0.15, 0.2) is 0 Å². The van der Waals surface area contributed by atoms with Crippen molar-refractivity contribution in [3.63, 3.8) is 0 Å². The van der Waals surface area contributed by atoms with Gasteiger partial charge in [-0.3, -0.25) is 4.57 Å². The van der Waals surface area contributed by atoms with Crippen LogP contribution in [0.15, 0.2) is 121 Å². The summed E-state index contributed by atoms with van der Waals surface area (Å²) in [6.07, 6.45) is -0.769. The highest BCUT2D eigenvalue weighted by molar-refractivity contribution is 7.76. The van der Waals surface area contributed by atoms with Crippen molar-refractivity contribution in [2.45, 2.75) is 39.5 Å². The summed E-state index contributed by atoms with van der Waals surface area (Å²) in [5.74, 6) is 0. The maximum absolute atomic E-state index is 15.6. The Morgan fingerprint density at radius 3 is 1.51 bits per heavy atom. The fraction of sp³-hybridized carbons (Fsp3) is 0.226. The molecule has 0 amide bonds. The molecule has 35 heavy (non-hydrogen) atoms. The molecular weight excluding hydrogens is 449 g/mol. The van der Waals surface area contributed by atoms with Gasteiger partial charge in [0.1, 0.15) is 0 Å². The zero-order valence-corrected chi connectivity index (χ0v) is 21.6. The maximum Gasteiger partial charge on any atom is 0.208 e. The summed E-state index contributed by atoms with van der Waals surface area (Å²) in [6, 6.07) is 39.0. The predicted octanol–water partition coefficient (Wildman–Crippen LogP) is 6.57. The van der Waals surface area contributed by atoms with Crippen LogP contribution in [0, 0.1) is 5.41 Å². The third kappa shape index (κ3) is 5.49. The summed E-state index contributed by atoms with van der Waals surface area (Å²) in [4.78, 5) is 0. The Morgan fingerprint density at radius 2 is 1.09 bits per heavy atom. The first kappa shape index (κ1) is 25.1. The van der Waals surface area contributed by atoms with E-state index in [0.717, 1.165) is 21.7 Å². The van der Waals surface area contributed by atoms with Gasteiger partial charge in [-0.05, 0) is 40.8 Å². The molecule has 0 spiro atoms. The first-order chi connectivity index (χ1) is 16.8. The number of nitrogens with zero attached hydrogens (tertiary/aromatic N) is 1. The summed E-state index contributed by atoms with van der Waals surface area (Å²) in [6.45, 7) is 6.52. The molecule has 0 unspecified atom stereocenters. The van der Waals surface area contributed by atoms with Crippen LogP contribution in [0.25, 0.3) is 0 Å². The lowest BCUT2D eigenvalue weighted by Gasteiger charge is -2.44. The van der Waals surface area contributed by atoms with Gasteiger partial charge in [-0.1, -0.05) is 118 Å². The van der Waals surface area contributed by atoms with Crippen molar-refractivity contribution in [2.75, 3.05) is 0 Å². The fourth-order valence-electron chi connectivity index (χ4n) is 4.49. The van der Waals surface area contributed by atoms with Gasteiger partial charge in [0.2, 0.25) is 7.29 Å². The molecule has 0 fully saturated rings. The molecule has 0 radical (unpaired) electrons. The van der Waals surface area contributed by atoms with Crippen molar-refractivity contribution in [1.82, 2.24) is 4.67 Å². The lowest BCUT2D eigenvalue weighted by molar-refractivity contribution is 0.00204. The monoisotopic (exact) mass is 483 g/mol. The molecule has 0 aliphatic heterocycles. The second kappa shape index (κ2) is 10.7. The van der Waals surface area contributed by atoms with Gasteiger partial charge in [0, 0.05) is 17.2 Å². The number of aliphatic hydroxyl groups excluding tert-OH is 1. The molecule has 4 aromatic carbocycles. The van der Waals surface area contributed by atoms with E-state index in [1.807, 2.05) is 130 Å². The molecule has 0 aliphatic carbocycles. The molecule has 4 heteroatoms. The maximum atomic E-state index is 15.6. The number of hydrogen-bond donors (Lipinski definition) is 1. The summed E-state index contributed by atoms with van der Waals surface area (Å²) in [5, 5.41) is 13.3. The topological polar surface area (TPSA) is 40.5 Å². The Kier molecular flexibility index (Phi) is 7.72. The van der Waals surface area contributed by atoms with Gasteiger partial charge in [0.25, 0.3) is 0 Å². The zero-order valence-electron chi connectivity index (χ0n) is 20.7. The Hall–Kier alpha value is -2.97. The smallest absolute Gasteiger partial charge is 0.208 e. The van der Waals surface area contributed by atoms with Crippen molar-refractivity contribution in [1.29, 1.82) is 0 Å². The van der Waals surface area contributed by atoms with Crippen LogP contribution in [0.3, 0.4) is 0 Å². The molecule has 1 N–H and O–H groups in total. The summed E-state index contributed by atoms with van der Waals surface area (Å²) >= 11 is 0. The number of benzene rings is 4. The summed E-state index contributed by atoms with van der Waals surface area (Å²) in [7, 11) is -3.37. The van der Waals surface area contributed by atoms with Crippen LogP contribution < -0.4 is 10.6 Å². The highest BCUT2D eigenvalue weighted by Gasteiger charge is 2.45. The molecule has 3 nitrogen and oxygen atoms in total. The van der Waals surface area contributed by atoms with Gasteiger partial charge in [-0.15, -0.1) is 0 Å². The minimum atomic E-state index is -3.37. The van der Waals surface area contributed by atoms with Crippen LogP contribution in [0.1, 0.15) is 37.9 Å². The Morgan fingerprint density at radius 1 is 0.686 bits per heavy atom. The molecule has 0 bridgehead atoms. The molecular formula is C31H34NO2P. The van der Waals surface area contributed by atoms with Gasteiger partial charge < -0.3 is 5.11 Å². The summed E-state index contributed by atoms with van der Waals surface area (Å²) in [5.41, 5.74) is 1.55. The lowest BCUT2D eigenvalue weighted by atomic mass is 9.82. The van der Waals surface area contributed by atoms with E-state index in [2.05, 4.69) is 16.8 Å². The van der Waals surface area contributed by atoms with E-state index in [0.29, 0.717) is 6.54 Å². The van der Waals surface area contributed by atoms with E-state index in [-0.39, 0.29) is 0 Å². The van der Waals surface area contributed by atoms with Crippen molar-refractivity contribution in [3.05, 3.63) is 132 Å². The summed E-state index contributed by atoms with van der Waals surface area (Å²) < 4.78 is 17.6. The Balaban J connectivity index is 2.01. The normalized spacial score (nSPS) is 14.0. The van der Waals surface area contributed by atoms with Gasteiger partial charge >= 0.3 is 0 Å². The second-order valence-electron chi connectivity index (χ2n) is 10.00. The fourth-order valence-corrected chi connectivity index (χ4v) is 7.51. The van der Waals surface area contributed by atoms with Crippen LogP contribution in [0.5, 0.6) is 0 Å². The van der Waals surface area contributed by atoms with E-state index in [4.69, 9.17) is 0 Å². The second-order valence-corrected chi connectivity index (χ2v) is 12.7. The highest BCUT2D eigenvalue weighted by Crippen LogP contribution is 2.55. The van der Waals surface area contributed by atoms with Crippen LogP contribution >= 0.6 is 7.29 Å². The third-order valence-electron chi connectivity index (χ3n) is 6.41. The SMILES string of the molecule is CC(C)(C)[C@@H](O)[C@H](c1ccccc1)N(Cc1ccccc1)P(=O)(c1ccccc1)c1ccccc1. The average Bonchev–Trinajstić information content (AvgIpc) is 2.89. The van der Waals surface area contributed by atoms with Crippen molar-refractivity contribution in [3.8, 4) is 0 Å². The van der Waals surface area contributed by atoms with Crippen molar-refractivity contribution < 1.29 is 9.67 Å². The molecule has 2 atom stereocenters. The predicted molar refractivity (Wildman–Crippen MR) is 146 cm³/mol. The Labute approximate surface area is 209 Å². The van der Waals surface area contributed by atoms with Crippen molar-refractivity contribution >= 4 is 17.9 Å². The van der Waals surface area contributed by atoms with Gasteiger partial charge in [-0.2, -0.15) is 0 Å². The first-order valence-electron chi connectivity index (χ1n) is 12.1. The van der Waals surface area contributed by atoms with E-state index >= 15 is 4.57 Å². The van der Waals surface area contributed by atoms with E-state index in [9.17, 15) is 5.11 Å². The van der Waals surface area contributed by atoms with Crippen LogP contribution in [-0.4, -0.2) is 15.9 Å². The number of rotatable bonds is 8. The van der Waals surface area contributed by atoms with Crippen LogP contribution in [0.2, 0.25) is 0 Å². The van der Waals surface area contributed by atoms with Gasteiger partial charge in [-0.25, -0.2) is 4.67 Å². The molecule has 0 aromatic heterocycles. The zero-order chi connectivity index (χ0) is 24.9. The van der Waals surface area contributed by atoms with Crippen LogP contribution in [-0.2, 0) is 11.1 Å². The molecule has 180 valence electrons. The first-order valence-corrected chi connectivity index (χ1v) is 13.7. The number of aliphatic hydroxyl groups is 1. The van der Waals surface area contributed by atoms with Crippen LogP contribution in [0.4, 0.5) is 0 Å². The largest absolute Gasteiger partial charge is 0.391 e. The molecule has 4 aromatic rings. The minimum Gasteiger partial charge on any atom is -0.391 e. The van der Waals surface area contributed by atoms with E-state index in [1.54, 1.807) is 0 Å². The van der Waals surface area contributed by atoms with Crippen molar-refractivity contribution in [2.24, 2.45) is 5.41 Å². The van der Waals surface area contributed by atoms with E-state index < -0.39 is 24.9 Å². The standard InChI is InChI=1S/C31H34NO2P/c1-31(2,3)30(33)29(26-18-10-5-11-19-26)32(24-25-16-8-4-9-17-25)35(34,27-20-12-6-13-21-27)28-22-14-7-15-23-28/h4-23,29-30,33H,24H2,1-3H3/t29-,30-/m0/s1. The molecule has 0 saturated heterocycles. The third-order valence-corrected chi connectivity index (χ3v) is 9.52. The van der Waals surface area contributed by atoms with Gasteiger partial charge in [0.05, 0.1) is 12.1 Å². The molecule has 0 aliphatic rings. The molecule has 0 heterocycles. The quantitative estimate of drug-likeness (QED) is 0.288. The Bertz CT molecular complexity index is 1200. The average molecular weight is 484 g/mol. The molecule has 0 saturated carbocycles. The minimum absolute atomic E-state index is 0.425. The number of hydrogen-bond acceptors (Lipinski definition) is 2. The highest BCUT2D eigenvalue weighted by atomic mass is 31.2. The lowest BCUT2D eigenvalue weighted by Crippen LogP contribution is -2.44.